The van der Waals surface area contributed by atoms with Gasteiger partial charge in [-0.2, -0.15) is 0 Å². The molecule has 3 rings (SSSR count). The van der Waals surface area contributed by atoms with Crippen LogP contribution in [0.5, 0.6) is 11.5 Å². The van der Waals surface area contributed by atoms with Gasteiger partial charge in [0.2, 0.25) is 0 Å². The highest BCUT2D eigenvalue weighted by Crippen LogP contribution is 2.38. The molecule has 2 aromatic carbocycles. The molecule has 0 aliphatic heterocycles. The summed E-state index contributed by atoms with van der Waals surface area (Å²) in [6.07, 6.45) is 0.206. The van der Waals surface area contributed by atoms with Crippen LogP contribution >= 0.6 is 0 Å². The third-order valence-corrected chi connectivity index (χ3v) is 4.69. The first-order valence-corrected chi connectivity index (χ1v) is 8.94. The first-order valence-electron chi connectivity index (χ1n) is 8.94. The van der Waals surface area contributed by atoms with E-state index in [1.54, 1.807) is 21.1 Å². The van der Waals surface area contributed by atoms with Crippen molar-refractivity contribution in [3.05, 3.63) is 59.4 Å². The minimum atomic E-state index is -0.254. The number of carbonyl (C=O) groups is 1. The second-order valence-electron chi connectivity index (χ2n) is 6.29. The Morgan fingerprint density at radius 1 is 1.04 bits per heavy atom. The minimum absolute atomic E-state index is 0.206. The van der Waals surface area contributed by atoms with Gasteiger partial charge in [-0.25, -0.2) is 0 Å². The number of esters is 1. The van der Waals surface area contributed by atoms with Crippen LogP contribution in [0.15, 0.2) is 46.9 Å². The number of benzene rings is 2. The van der Waals surface area contributed by atoms with Crippen molar-refractivity contribution in [2.75, 3.05) is 20.8 Å². The molecule has 1 heterocycles. The van der Waals surface area contributed by atoms with Crippen LogP contribution in [0.2, 0.25) is 0 Å². The molecule has 0 fully saturated rings. The molecule has 1 unspecified atom stereocenters. The Kier molecular flexibility index (Phi) is 5.69. The number of ether oxygens (including phenoxy) is 3. The van der Waals surface area contributed by atoms with Crippen LogP contribution in [-0.4, -0.2) is 26.8 Å². The zero-order valence-electron chi connectivity index (χ0n) is 16.1. The lowest BCUT2D eigenvalue weighted by Gasteiger charge is -2.16. The average Bonchev–Trinajstić information content (AvgIpc) is 3.02. The van der Waals surface area contributed by atoms with Crippen LogP contribution < -0.4 is 9.47 Å². The number of carbonyl (C=O) groups excluding carboxylic acids is 1. The zero-order valence-corrected chi connectivity index (χ0v) is 16.1. The molecule has 27 heavy (non-hydrogen) atoms. The Labute approximate surface area is 158 Å². The second-order valence-corrected chi connectivity index (χ2v) is 6.29. The molecule has 3 aromatic rings. The molecule has 0 saturated carbocycles. The van der Waals surface area contributed by atoms with E-state index >= 15 is 0 Å². The van der Waals surface area contributed by atoms with Crippen LogP contribution in [-0.2, 0) is 9.53 Å². The lowest BCUT2D eigenvalue weighted by atomic mass is 9.90. The molecule has 0 bridgehead atoms. The highest BCUT2D eigenvalue weighted by atomic mass is 16.5. The summed E-state index contributed by atoms with van der Waals surface area (Å²) < 4.78 is 21.9. The maximum absolute atomic E-state index is 12.2. The van der Waals surface area contributed by atoms with Crippen molar-refractivity contribution < 1.29 is 23.4 Å². The molecule has 0 aliphatic carbocycles. The van der Waals surface area contributed by atoms with Gasteiger partial charge in [0.15, 0.2) is 0 Å². The van der Waals surface area contributed by atoms with E-state index in [-0.39, 0.29) is 18.3 Å². The van der Waals surface area contributed by atoms with Crippen molar-refractivity contribution in [2.45, 2.75) is 26.2 Å². The Hall–Kier alpha value is -2.95. The highest BCUT2D eigenvalue weighted by molar-refractivity contribution is 5.84. The van der Waals surface area contributed by atoms with Crippen LogP contribution in [0.3, 0.4) is 0 Å². The van der Waals surface area contributed by atoms with Gasteiger partial charge in [0.25, 0.3) is 0 Å². The summed E-state index contributed by atoms with van der Waals surface area (Å²) in [6, 6.07) is 13.4. The van der Waals surface area contributed by atoms with Gasteiger partial charge < -0.3 is 18.6 Å². The van der Waals surface area contributed by atoms with Gasteiger partial charge in [0, 0.05) is 11.5 Å². The van der Waals surface area contributed by atoms with E-state index in [2.05, 4.69) is 0 Å². The molecule has 0 amide bonds. The first-order chi connectivity index (χ1) is 13.1. The largest absolute Gasteiger partial charge is 0.497 e. The van der Waals surface area contributed by atoms with E-state index in [1.165, 1.54) is 0 Å². The van der Waals surface area contributed by atoms with Crippen molar-refractivity contribution in [3.63, 3.8) is 0 Å². The number of aryl methyl sites for hydroxylation is 1. The van der Waals surface area contributed by atoms with Crippen LogP contribution in [0.4, 0.5) is 0 Å². The van der Waals surface area contributed by atoms with E-state index in [1.807, 2.05) is 49.4 Å². The second kappa shape index (κ2) is 8.16. The molecule has 5 heteroatoms. The summed E-state index contributed by atoms with van der Waals surface area (Å²) in [6.45, 7) is 4.17. The molecule has 5 nitrogen and oxygen atoms in total. The molecule has 0 aliphatic rings. The topological polar surface area (TPSA) is 57.9 Å². The molecule has 1 aromatic heterocycles. The number of hydrogen-bond donors (Lipinski definition) is 0. The maximum atomic E-state index is 12.2. The van der Waals surface area contributed by atoms with Crippen molar-refractivity contribution in [1.82, 2.24) is 0 Å². The zero-order chi connectivity index (χ0) is 19.4. The SMILES string of the molecule is CCOC(=O)CC(c1ccc(OC)cc1)c1oc2cc(OC)ccc2c1C. The number of fused-ring (bicyclic) bond motifs is 1. The average molecular weight is 368 g/mol. The molecule has 1 atom stereocenters. The molecule has 0 saturated heterocycles. The van der Waals surface area contributed by atoms with E-state index in [4.69, 9.17) is 18.6 Å². The van der Waals surface area contributed by atoms with Crippen molar-refractivity contribution in [3.8, 4) is 11.5 Å². The lowest BCUT2D eigenvalue weighted by Crippen LogP contribution is -2.12. The van der Waals surface area contributed by atoms with Gasteiger partial charge in [0.1, 0.15) is 22.8 Å². The molecule has 0 N–H and O–H groups in total. The quantitative estimate of drug-likeness (QED) is 0.558. The van der Waals surface area contributed by atoms with Crippen molar-refractivity contribution in [2.24, 2.45) is 0 Å². The minimum Gasteiger partial charge on any atom is -0.497 e. The molecule has 142 valence electrons. The standard InChI is InChI=1S/C22H24O5/c1-5-26-21(23)13-19(15-6-8-16(24-3)9-7-15)22-14(2)18-11-10-17(25-4)12-20(18)27-22/h6-12,19H,5,13H2,1-4H3. The van der Waals surface area contributed by atoms with E-state index in [0.29, 0.717) is 6.61 Å². The summed E-state index contributed by atoms with van der Waals surface area (Å²) in [5, 5.41) is 1.01. The fourth-order valence-corrected chi connectivity index (χ4v) is 3.27. The fraction of sp³-hybridized carbons (Fsp3) is 0.318. The van der Waals surface area contributed by atoms with Gasteiger partial charge in [-0.3, -0.25) is 4.79 Å². The van der Waals surface area contributed by atoms with E-state index in [0.717, 1.165) is 39.4 Å². The first kappa shape index (κ1) is 18.8. The predicted octanol–water partition coefficient (Wildman–Crippen LogP) is 4.84. The van der Waals surface area contributed by atoms with Gasteiger partial charge in [0.05, 0.1) is 33.2 Å². The van der Waals surface area contributed by atoms with Gasteiger partial charge in [-0.05, 0) is 49.2 Å². The Balaban J connectivity index is 2.07. The van der Waals surface area contributed by atoms with Crippen LogP contribution in [0, 0.1) is 6.92 Å². The Bertz CT molecular complexity index is 924. The Morgan fingerprint density at radius 2 is 1.70 bits per heavy atom. The van der Waals surface area contributed by atoms with Crippen molar-refractivity contribution in [1.29, 1.82) is 0 Å². The number of furan rings is 1. The summed E-state index contributed by atoms with van der Waals surface area (Å²) in [5.74, 6) is 1.76. The van der Waals surface area contributed by atoms with Gasteiger partial charge in [-0.15, -0.1) is 0 Å². The summed E-state index contributed by atoms with van der Waals surface area (Å²) in [5.41, 5.74) is 2.72. The monoisotopic (exact) mass is 368 g/mol. The van der Waals surface area contributed by atoms with Crippen LogP contribution in [0.1, 0.15) is 36.1 Å². The normalized spacial score (nSPS) is 12.0. The van der Waals surface area contributed by atoms with Gasteiger partial charge in [-0.1, -0.05) is 12.1 Å². The van der Waals surface area contributed by atoms with Gasteiger partial charge >= 0.3 is 5.97 Å². The molecular formula is C22H24O5. The summed E-state index contributed by atoms with van der Waals surface area (Å²) >= 11 is 0. The summed E-state index contributed by atoms with van der Waals surface area (Å²) in [7, 11) is 3.25. The smallest absolute Gasteiger partial charge is 0.306 e. The fourth-order valence-electron chi connectivity index (χ4n) is 3.27. The van der Waals surface area contributed by atoms with E-state index in [9.17, 15) is 4.79 Å². The highest BCUT2D eigenvalue weighted by Gasteiger charge is 2.26. The van der Waals surface area contributed by atoms with Crippen LogP contribution in [0.25, 0.3) is 11.0 Å². The molecule has 0 radical (unpaired) electrons. The third kappa shape index (κ3) is 3.92. The summed E-state index contributed by atoms with van der Waals surface area (Å²) in [4.78, 5) is 12.2. The molecule has 0 spiro atoms. The maximum Gasteiger partial charge on any atom is 0.306 e. The van der Waals surface area contributed by atoms with Crippen molar-refractivity contribution >= 4 is 16.9 Å². The third-order valence-electron chi connectivity index (χ3n) is 4.69. The lowest BCUT2D eigenvalue weighted by molar-refractivity contribution is -0.143. The molecular weight excluding hydrogens is 344 g/mol. The number of rotatable bonds is 7. The number of methoxy groups -OCH3 is 2. The predicted molar refractivity (Wildman–Crippen MR) is 104 cm³/mol. The van der Waals surface area contributed by atoms with E-state index < -0.39 is 0 Å². The Morgan fingerprint density at radius 3 is 2.33 bits per heavy atom. The number of hydrogen-bond acceptors (Lipinski definition) is 5.